The van der Waals surface area contributed by atoms with Crippen LogP contribution in [0, 0.1) is 0 Å². The molecular formula is C24H26F3N3O2. The van der Waals surface area contributed by atoms with Crippen LogP contribution in [0.1, 0.15) is 29.0 Å². The molecule has 4 rings (SSSR count). The molecule has 0 spiro atoms. The maximum absolute atomic E-state index is 13.3. The predicted molar refractivity (Wildman–Crippen MR) is 116 cm³/mol. The summed E-state index contributed by atoms with van der Waals surface area (Å²) in [6, 6.07) is 12.8. The molecule has 0 radical (unpaired) electrons. The van der Waals surface area contributed by atoms with Crippen molar-refractivity contribution < 1.29 is 22.7 Å². The van der Waals surface area contributed by atoms with Crippen LogP contribution >= 0.6 is 0 Å². The molecule has 1 unspecified atom stereocenters. The van der Waals surface area contributed by atoms with Crippen molar-refractivity contribution in [2.45, 2.75) is 18.5 Å². The van der Waals surface area contributed by atoms with Crippen LogP contribution in [-0.2, 0) is 15.7 Å². The summed E-state index contributed by atoms with van der Waals surface area (Å²) in [5.74, 6) is -0.692. The third kappa shape index (κ3) is 5.31. The van der Waals surface area contributed by atoms with Gasteiger partial charge in [0.05, 0.1) is 18.8 Å². The molecular weight excluding hydrogens is 419 g/mol. The first-order valence-corrected chi connectivity index (χ1v) is 10.7. The summed E-state index contributed by atoms with van der Waals surface area (Å²) in [6.07, 6.45) is -2.59. The summed E-state index contributed by atoms with van der Waals surface area (Å²) in [4.78, 5) is 18.2. The highest BCUT2D eigenvalue weighted by atomic mass is 19.4. The molecule has 5 nitrogen and oxygen atoms in total. The van der Waals surface area contributed by atoms with Crippen LogP contribution in [0.25, 0.3) is 10.9 Å². The second-order valence-corrected chi connectivity index (χ2v) is 7.97. The third-order valence-electron chi connectivity index (χ3n) is 5.86. The Hall–Kier alpha value is -2.84. The lowest BCUT2D eigenvalue weighted by atomic mass is 9.87. The average molecular weight is 445 g/mol. The Bertz CT molecular complexity index is 1060. The zero-order valence-electron chi connectivity index (χ0n) is 17.6. The molecule has 0 saturated carbocycles. The Kier molecular flexibility index (Phi) is 6.81. The van der Waals surface area contributed by atoms with Crippen LogP contribution in [0.4, 0.5) is 13.2 Å². The lowest BCUT2D eigenvalue weighted by Gasteiger charge is -2.26. The quantitative estimate of drug-likeness (QED) is 0.574. The molecule has 8 heteroatoms. The molecule has 1 saturated heterocycles. The number of aromatic nitrogens is 1. The van der Waals surface area contributed by atoms with Crippen molar-refractivity contribution in [1.82, 2.24) is 15.2 Å². The fraction of sp³-hybridized carbons (Fsp3) is 0.375. The van der Waals surface area contributed by atoms with E-state index in [-0.39, 0.29) is 12.3 Å². The molecule has 3 aromatic rings. The van der Waals surface area contributed by atoms with Gasteiger partial charge in [-0.05, 0) is 23.3 Å². The number of amides is 1. The van der Waals surface area contributed by atoms with E-state index < -0.39 is 17.7 Å². The van der Waals surface area contributed by atoms with Gasteiger partial charge < -0.3 is 15.0 Å². The molecule has 170 valence electrons. The van der Waals surface area contributed by atoms with Crippen molar-refractivity contribution in [1.29, 1.82) is 0 Å². The first-order chi connectivity index (χ1) is 15.4. The van der Waals surface area contributed by atoms with E-state index >= 15 is 0 Å². The predicted octanol–water partition coefficient (Wildman–Crippen LogP) is 4.16. The molecule has 1 aliphatic heterocycles. The van der Waals surface area contributed by atoms with Gasteiger partial charge in [0, 0.05) is 55.6 Å². The van der Waals surface area contributed by atoms with Crippen molar-refractivity contribution in [3.05, 3.63) is 71.4 Å². The number of halogens is 3. The smallest absolute Gasteiger partial charge is 0.379 e. The van der Waals surface area contributed by atoms with Gasteiger partial charge in [-0.1, -0.05) is 36.4 Å². The molecule has 2 N–H and O–H groups in total. The molecule has 1 atom stereocenters. The topological polar surface area (TPSA) is 57.4 Å². The van der Waals surface area contributed by atoms with Crippen molar-refractivity contribution in [2.24, 2.45) is 0 Å². The van der Waals surface area contributed by atoms with E-state index in [9.17, 15) is 18.0 Å². The van der Waals surface area contributed by atoms with E-state index in [0.717, 1.165) is 48.2 Å². The molecule has 0 aliphatic carbocycles. The number of ether oxygens (including phenoxy) is 1. The minimum atomic E-state index is -4.44. The van der Waals surface area contributed by atoms with Gasteiger partial charge >= 0.3 is 6.18 Å². The van der Waals surface area contributed by atoms with E-state index in [1.54, 1.807) is 12.3 Å². The number of H-pyrrole nitrogens is 1. The first kappa shape index (κ1) is 22.4. The number of morpholine rings is 1. The van der Waals surface area contributed by atoms with Crippen LogP contribution in [0.15, 0.2) is 54.7 Å². The zero-order chi connectivity index (χ0) is 22.6. The monoisotopic (exact) mass is 445 g/mol. The largest absolute Gasteiger partial charge is 0.416 e. The van der Waals surface area contributed by atoms with Gasteiger partial charge in [0.15, 0.2) is 0 Å². The Morgan fingerprint density at radius 1 is 1.12 bits per heavy atom. The van der Waals surface area contributed by atoms with Crippen LogP contribution in [0.2, 0.25) is 0 Å². The van der Waals surface area contributed by atoms with Gasteiger partial charge in [-0.25, -0.2) is 0 Å². The molecule has 2 aromatic carbocycles. The van der Waals surface area contributed by atoms with E-state index in [0.29, 0.717) is 25.3 Å². The third-order valence-corrected chi connectivity index (χ3v) is 5.86. The number of nitrogens with one attached hydrogen (secondary N) is 2. The highest BCUT2D eigenvalue weighted by Crippen LogP contribution is 2.36. The maximum Gasteiger partial charge on any atom is 0.416 e. The maximum atomic E-state index is 13.3. The minimum Gasteiger partial charge on any atom is -0.379 e. The van der Waals surface area contributed by atoms with E-state index in [1.807, 2.05) is 24.3 Å². The molecule has 1 aromatic heterocycles. The fourth-order valence-electron chi connectivity index (χ4n) is 4.16. The Morgan fingerprint density at radius 2 is 1.91 bits per heavy atom. The number of benzene rings is 2. The fourth-order valence-corrected chi connectivity index (χ4v) is 4.16. The number of para-hydroxylation sites is 1. The zero-order valence-corrected chi connectivity index (χ0v) is 17.6. The second-order valence-electron chi connectivity index (χ2n) is 7.97. The summed E-state index contributed by atoms with van der Waals surface area (Å²) in [5.41, 5.74) is 1.44. The molecule has 1 aliphatic rings. The van der Waals surface area contributed by atoms with E-state index in [4.69, 9.17) is 4.74 Å². The standard InChI is InChI=1S/C24H26F3N3O2/c25-24(26,27)18-5-3-4-17(14-18)20(21-16-29-22-7-2-1-6-19(21)22)15-23(31)28-8-9-30-10-12-32-13-11-30/h1-7,14,16,20,29H,8-13,15H2,(H,28,31). The number of hydrogen-bond donors (Lipinski definition) is 2. The number of hydrogen-bond acceptors (Lipinski definition) is 3. The number of carbonyl (C=O) groups excluding carboxylic acids is 1. The number of alkyl halides is 3. The SMILES string of the molecule is O=C(CC(c1cccc(C(F)(F)F)c1)c1c[nH]c2ccccc12)NCCN1CCOCC1. The van der Waals surface area contributed by atoms with Gasteiger partial charge in [0.1, 0.15) is 0 Å². The number of rotatable bonds is 7. The second kappa shape index (κ2) is 9.75. The van der Waals surface area contributed by atoms with Crippen molar-refractivity contribution in [3.8, 4) is 0 Å². The lowest BCUT2D eigenvalue weighted by molar-refractivity contribution is -0.137. The van der Waals surface area contributed by atoms with Crippen LogP contribution in [0.5, 0.6) is 0 Å². The first-order valence-electron chi connectivity index (χ1n) is 10.7. The highest BCUT2D eigenvalue weighted by molar-refractivity contribution is 5.86. The molecule has 0 bridgehead atoms. The van der Waals surface area contributed by atoms with Gasteiger partial charge in [0.2, 0.25) is 5.91 Å². The molecule has 1 amide bonds. The number of aromatic amines is 1. The van der Waals surface area contributed by atoms with Gasteiger partial charge in [-0.2, -0.15) is 13.2 Å². The lowest BCUT2D eigenvalue weighted by Crippen LogP contribution is -2.41. The summed E-state index contributed by atoms with van der Waals surface area (Å²) < 4.78 is 45.3. The Labute approximate surface area is 184 Å². The van der Waals surface area contributed by atoms with Gasteiger partial charge in [-0.3, -0.25) is 9.69 Å². The highest BCUT2D eigenvalue weighted by Gasteiger charge is 2.31. The average Bonchev–Trinajstić information content (AvgIpc) is 3.22. The van der Waals surface area contributed by atoms with Crippen molar-refractivity contribution in [2.75, 3.05) is 39.4 Å². The van der Waals surface area contributed by atoms with Crippen molar-refractivity contribution >= 4 is 16.8 Å². The van der Waals surface area contributed by atoms with Gasteiger partial charge in [0.25, 0.3) is 0 Å². The number of carbonyl (C=O) groups is 1. The van der Waals surface area contributed by atoms with Crippen LogP contribution in [0.3, 0.4) is 0 Å². The normalized spacial score (nSPS) is 16.2. The van der Waals surface area contributed by atoms with Crippen LogP contribution < -0.4 is 5.32 Å². The summed E-state index contributed by atoms with van der Waals surface area (Å²) >= 11 is 0. The van der Waals surface area contributed by atoms with Crippen LogP contribution in [-0.4, -0.2) is 55.2 Å². The van der Waals surface area contributed by atoms with E-state index in [1.165, 1.54) is 6.07 Å². The minimum absolute atomic E-state index is 0.0618. The van der Waals surface area contributed by atoms with E-state index in [2.05, 4.69) is 15.2 Å². The number of nitrogens with zero attached hydrogens (tertiary/aromatic N) is 1. The summed E-state index contributed by atoms with van der Waals surface area (Å²) in [6.45, 7) is 4.24. The molecule has 32 heavy (non-hydrogen) atoms. The molecule has 1 fully saturated rings. The van der Waals surface area contributed by atoms with Gasteiger partial charge in [-0.15, -0.1) is 0 Å². The number of fused-ring (bicyclic) bond motifs is 1. The molecule has 2 heterocycles. The summed E-state index contributed by atoms with van der Waals surface area (Å²) in [7, 11) is 0. The van der Waals surface area contributed by atoms with Crippen molar-refractivity contribution in [3.63, 3.8) is 0 Å². The Balaban J connectivity index is 1.55. The summed E-state index contributed by atoms with van der Waals surface area (Å²) in [5, 5.41) is 3.83. The Morgan fingerprint density at radius 3 is 2.69 bits per heavy atom.